The summed E-state index contributed by atoms with van der Waals surface area (Å²) in [5, 5.41) is 4.22. The van der Waals surface area contributed by atoms with Gasteiger partial charge in [0.2, 0.25) is 11.9 Å². The van der Waals surface area contributed by atoms with Gasteiger partial charge < -0.3 is 10.2 Å². The summed E-state index contributed by atoms with van der Waals surface area (Å²) in [7, 11) is 0. The number of thiazole rings is 1. The summed E-state index contributed by atoms with van der Waals surface area (Å²) in [5.41, 5.74) is 3.34. The summed E-state index contributed by atoms with van der Waals surface area (Å²) in [6.45, 7) is 7.74. The topological polar surface area (TPSA) is 71.0 Å². The van der Waals surface area contributed by atoms with Crippen molar-refractivity contribution in [2.24, 2.45) is 5.92 Å². The highest BCUT2D eigenvalue weighted by molar-refractivity contribution is 7.15. The van der Waals surface area contributed by atoms with E-state index in [1.807, 2.05) is 19.9 Å². The molecule has 0 spiro atoms. The number of nitrogens with one attached hydrogen (secondary N) is 1. The first-order valence-corrected chi connectivity index (χ1v) is 11.2. The third-order valence-electron chi connectivity index (χ3n) is 5.58. The fourth-order valence-corrected chi connectivity index (χ4v) is 4.90. The average Bonchev–Trinajstić information content (AvgIpc) is 3.16. The maximum atomic E-state index is 12.9. The summed E-state index contributed by atoms with van der Waals surface area (Å²) in [6.07, 6.45) is 5.14. The first kappa shape index (κ1) is 20.5. The van der Waals surface area contributed by atoms with Crippen molar-refractivity contribution in [2.45, 2.75) is 39.7 Å². The Labute approximate surface area is 181 Å². The highest BCUT2D eigenvalue weighted by atomic mass is 32.1. The first-order chi connectivity index (χ1) is 14.5. The van der Waals surface area contributed by atoms with Crippen molar-refractivity contribution in [1.29, 1.82) is 0 Å². The molecular formula is C23H27N5OS. The molecule has 1 aliphatic rings. The van der Waals surface area contributed by atoms with Crippen LogP contribution in [0.5, 0.6) is 0 Å². The fraction of sp³-hybridized carbons (Fsp3) is 0.391. The molecule has 30 heavy (non-hydrogen) atoms. The van der Waals surface area contributed by atoms with Crippen molar-refractivity contribution in [2.75, 3.05) is 18.0 Å². The van der Waals surface area contributed by atoms with Gasteiger partial charge in [-0.2, -0.15) is 0 Å². The van der Waals surface area contributed by atoms with Crippen molar-refractivity contribution < 1.29 is 4.79 Å². The molecule has 4 rings (SSSR count). The van der Waals surface area contributed by atoms with Crippen molar-refractivity contribution in [1.82, 2.24) is 20.3 Å². The molecule has 1 aliphatic heterocycles. The van der Waals surface area contributed by atoms with Crippen molar-refractivity contribution in [3.8, 4) is 10.6 Å². The predicted octanol–water partition coefficient (Wildman–Crippen LogP) is 4.31. The monoisotopic (exact) mass is 421 g/mol. The number of carbonyl (C=O) groups is 1. The van der Waals surface area contributed by atoms with E-state index in [4.69, 9.17) is 4.98 Å². The van der Waals surface area contributed by atoms with Crippen LogP contribution >= 0.6 is 11.3 Å². The summed E-state index contributed by atoms with van der Waals surface area (Å²) in [5.74, 6) is 0.895. The third-order valence-corrected chi connectivity index (χ3v) is 6.97. The molecule has 3 heterocycles. The maximum Gasteiger partial charge on any atom is 0.225 e. The third kappa shape index (κ3) is 4.51. The van der Waals surface area contributed by atoms with Crippen LogP contribution in [0, 0.1) is 19.8 Å². The van der Waals surface area contributed by atoms with Crippen LogP contribution < -0.4 is 10.2 Å². The second-order valence-electron chi connectivity index (χ2n) is 7.88. The van der Waals surface area contributed by atoms with Crippen LogP contribution in [-0.2, 0) is 4.79 Å². The molecule has 1 unspecified atom stereocenters. The summed E-state index contributed by atoms with van der Waals surface area (Å²) >= 11 is 1.66. The Balaban J connectivity index is 1.36. The number of aryl methyl sites for hydroxylation is 2. The smallest absolute Gasteiger partial charge is 0.225 e. The zero-order chi connectivity index (χ0) is 21.1. The molecule has 1 saturated heterocycles. The van der Waals surface area contributed by atoms with E-state index in [-0.39, 0.29) is 17.9 Å². The van der Waals surface area contributed by atoms with Gasteiger partial charge in [0, 0.05) is 37.0 Å². The molecule has 0 bridgehead atoms. The molecule has 2 aromatic heterocycles. The fourth-order valence-electron chi connectivity index (χ4n) is 3.82. The minimum absolute atomic E-state index is 0.0252. The molecule has 1 amide bonds. The van der Waals surface area contributed by atoms with Gasteiger partial charge >= 0.3 is 0 Å². The van der Waals surface area contributed by atoms with E-state index < -0.39 is 0 Å². The highest BCUT2D eigenvalue weighted by Crippen LogP contribution is 2.32. The number of nitrogens with zero attached hydrogens (tertiary/aromatic N) is 4. The number of amides is 1. The van der Waals surface area contributed by atoms with Gasteiger partial charge in [-0.25, -0.2) is 15.0 Å². The van der Waals surface area contributed by atoms with Crippen molar-refractivity contribution in [3.63, 3.8) is 0 Å². The lowest BCUT2D eigenvalue weighted by molar-refractivity contribution is -0.126. The number of piperidine rings is 1. The molecule has 7 heteroatoms. The normalized spacial score (nSPS) is 15.8. The Morgan fingerprint density at radius 2 is 1.80 bits per heavy atom. The Kier molecular flexibility index (Phi) is 6.08. The predicted molar refractivity (Wildman–Crippen MR) is 121 cm³/mol. The molecule has 0 saturated carbocycles. The van der Waals surface area contributed by atoms with Gasteiger partial charge in [-0.15, -0.1) is 11.3 Å². The molecule has 0 radical (unpaired) electrons. The van der Waals surface area contributed by atoms with E-state index in [1.54, 1.807) is 23.7 Å². The lowest BCUT2D eigenvalue weighted by Gasteiger charge is -2.31. The molecule has 1 atom stereocenters. The SMILES string of the molecule is Cc1ccc(-c2nc(C)c(C(C)NC(=O)C3CCN(c4ncccn4)CC3)s2)cc1. The van der Waals surface area contributed by atoms with E-state index in [0.29, 0.717) is 0 Å². The molecule has 1 aromatic carbocycles. The molecule has 1 N–H and O–H groups in total. The van der Waals surface area contributed by atoms with Crippen LogP contribution in [0.25, 0.3) is 10.6 Å². The van der Waals surface area contributed by atoms with E-state index in [1.165, 1.54) is 5.56 Å². The van der Waals surface area contributed by atoms with E-state index in [0.717, 1.165) is 53.0 Å². The summed E-state index contributed by atoms with van der Waals surface area (Å²) < 4.78 is 0. The molecule has 6 nitrogen and oxygen atoms in total. The number of carbonyl (C=O) groups excluding carboxylic acids is 1. The van der Waals surface area contributed by atoms with Crippen LogP contribution in [0.2, 0.25) is 0 Å². The Hall–Kier alpha value is -2.80. The number of hydrogen-bond acceptors (Lipinski definition) is 6. The van der Waals surface area contributed by atoms with Crippen molar-refractivity contribution >= 4 is 23.2 Å². The summed E-state index contributed by atoms with van der Waals surface area (Å²) in [4.78, 5) is 29.5. The lowest BCUT2D eigenvalue weighted by Crippen LogP contribution is -2.41. The van der Waals surface area contributed by atoms with Gasteiger partial charge in [0.25, 0.3) is 0 Å². The van der Waals surface area contributed by atoms with Crippen LogP contribution in [0.3, 0.4) is 0 Å². The molecule has 0 aliphatic carbocycles. The number of anilines is 1. The van der Waals surface area contributed by atoms with Gasteiger partial charge in [-0.3, -0.25) is 4.79 Å². The second-order valence-corrected chi connectivity index (χ2v) is 8.91. The maximum absolute atomic E-state index is 12.9. The summed E-state index contributed by atoms with van der Waals surface area (Å²) in [6, 6.07) is 10.2. The number of benzene rings is 1. The van der Waals surface area contributed by atoms with E-state index >= 15 is 0 Å². The number of rotatable bonds is 5. The molecule has 3 aromatic rings. The van der Waals surface area contributed by atoms with E-state index in [2.05, 4.69) is 51.4 Å². The van der Waals surface area contributed by atoms with E-state index in [9.17, 15) is 4.79 Å². The van der Waals surface area contributed by atoms with Crippen molar-refractivity contribution in [3.05, 3.63) is 58.9 Å². The average molecular weight is 422 g/mol. The Bertz CT molecular complexity index is 994. The van der Waals surface area contributed by atoms with Crippen LogP contribution in [0.4, 0.5) is 5.95 Å². The second kappa shape index (κ2) is 8.92. The zero-order valence-electron chi connectivity index (χ0n) is 17.6. The molecular weight excluding hydrogens is 394 g/mol. The van der Waals surface area contributed by atoms with Gasteiger partial charge in [0.05, 0.1) is 16.6 Å². The number of aromatic nitrogens is 3. The van der Waals surface area contributed by atoms with Gasteiger partial charge in [-0.1, -0.05) is 29.8 Å². The zero-order valence-corrected chi connectivity index (χ0v) is 18.4. The van der Waals surface area contributed by atoms with Crippen LogP contribution in [0.15, 0.2) is 42.7 Å². The number of hydrogen-bond donors (Lipinski definition) is 1. The Morgan fingerprint density at radius 1 is 1.13 bits per heavy atom. The van der Waals surface area contributed by atoms with Crippen LogP contribution in [-0.4, -0.2) is 33.9 Å². The highest BCUT2D eigenvalue weighted by Gasteiger charge is 2.27. The largest absolute Gasteiger partial charge is 0.348 e. The van der Waals surface area contributed by atoms with Crippen LogP contribution in [0.1, 0.15) is 41.9 Å². The van der Waals surface area contributed by atoms with Gasteiger partial charge in [0.15, 0.2) is 0 Å². The van der Waals surface area contributed by atoms with Gasteiger partial charge in [0.1, 0.15) is 5.01 Å². The lowest BCUT2D eigenvalue weighted by atomic mass is 9.95. The first-order valence-electron chi connectivity index (χ1n) is 10.4. The van der Waals surface area contributed by atoms with Gasteiger partial charge in [-0.05, 0) is 39.7 Å². The Morgan fingerprint density at radius 3 is 2.47 bits per heavy atom. The molecule has 1 fully saturated rings. The molecule has 156 valence electrons. The minimum Gasteiger partial charge on any atom is -0.348 e. The standard InChI is InChI=1S/C23H27N5OS/c1-15-5-7-19(8-6-15)22-27-17(3)20(30-22)16(2)26-21(29)18-9-13-28(14-10-18)23-24-11-4-12-25-23/h4-8,11-12,16,18H,9-10,13-14H2,1-3H3,(H,26,29). The quantitative estimate of drug-likeness (QED) is 0.665. The minimum atomic E-state index is -0.0512.